The molecule has 5 nitrogen and oxygen atoms in total. The summed E-state index contributed by atoms with van der Waals surface area (Å²) in [5.74, 6) is -0.392. The van der Waals surface area contributed by atoms with Crippen LogP contribution in [0.1, 0.15) is 23.2 Å². The van der Waals surface area contributed by atoms with Gasteiger partial charge in [0.2, 0.25) is 5.91 Å². The maximum atomic E-state index is 11.8. The van der Waals surface area contributed by atoms with Gasteiger partial charge in [0, 0.05) is 28.9 Å². The second-order valence-electron chi connectivity index (χ2n) is 4.79. The highest BCUT2D eigenvalue weighted by atomic mass is 35.5. The number of benzene rings is 1. The Morgan fingerprint density at radius 1 is 1.12 bits per heavy atom. The summed E-state index contributed by atoms with van der Waals surface area (Å²) in [5, 5.41) is 7.36. The van der Waals surface area contributed by atoms with Gasteiger partial charge in [-0.1, -0.05) is 34.8 Å². The maximum Gasteiger partial charge on any atom is 0.252 e. The van der Waals surface area contributed by atoms with Gasteiger partial charge in [-0.05, 0) is 30.0 Å². The molecule has 0 unspecified atom stereocenters. The zero-order valence-corrected chi connectivity index (χ0v) is 15.5. The minimum Gasteiger partial charge on any atom is -0.352 e. The van der Waals surface area contributed by atoms with Crippen LogP contribution in [-0.2, 0) is 4.79 Å². The van der Waals surface area contributed by atoms with Crippen molar-refractivity contribution in [3.05, 3.63) is 49.6 Å². The van der Waals surface area contributed by atoms with Gasteiger partial charge in [0.15, 0.2) is 0 Å². The van der Waals surface area contributed by atoms with E-state index in [9.17, 15) is 9.59 Å². The van der Waals surface area contributed by atoms with E-state index in [4.69, 9.17) is 34.8 Å². The smallest absolute Gasteiger partial charge is 0.252 e. The molecule has 9 heteroatoms. The quantitative estimate of drug-likeness (QED) is 0.472. The molecule has 1 aromatic heterocycles. The van der Waals surface area contributed by atoms with Crippen molar-refractivity contribution in [3.8, 4) is 0 Å². The molecule has 0 aliphatic rings. The fraction of sp³-hybridized carbons (Fsp3) is 0.200. The predicted molar refractivity (Wildman–Crippen MR) is 99.1 cm³/mol. The highest BCUT2D eigenvalue weighted by Gasteiger charge is 2.09. The number of hydrogen-bond donors (Lipinski definition) is 3. The number of carbonyl (C=O) groups is 2. The Morgan fingerprint density at radius 3 is 2.46 bits per heavy atom. The number of thiophene rings is 1. The molecule has 24 heavy (non-hydrogen) atoms. The molecule has 3 N–H and O–H groups in total. The third-order valence-electron chi connectivity index (χ3n) is 2.98. The highest BCUT2D eigenvalue weighted by Crippen LogP contribution is 2.33. The fourth-order valence-electron chi connectivity index (χ4n) is 1.80. The van der Waals surface area contributed by atoms with Gasteiger partial charge >= 0.3 is 0 Å². The second kappa shape index (κ2) is 9.13. The van der Waals surface area contributed by atoms with Crippen LogP contribution in [0.2, 0.25) is 15.1 Å². The lowest BCUT2D eigenvalue weighted by atomic mass is 10.2. The van der Waals surface area contributed by atoms with Crippen LogP contribution in [0.3, 0.4) is 0 Å². The van der Waals surface area contributed by atoms with Crippen LogP contribution in [0.15, 0.2) is 29.0 Å². The summed E-state index contributed by atoms with van der Waals surface area (Å²) in [5.41, 5.74) is 6.18. The molecule has 0 saturated heterocycles. The van der Waals surface area contributed by atoms with E-state index in [1.165, 1.54) is 23.5 Å². The summed E-state index contributed by atoms with van der Waals surface area (Å²) in [4.78, 5) is 23.5. The zero-order chi connectivity index (χ0) is 17.5. The molecule has 1 aromatic carbocycles. The molecule has 2 amide bonds. The Labute approximate surface area is 158 Å². The van der Waals surface area contributed by atoms with Gasteiger partial charge in [-0.3, -0.25) is 20.4 Å². The van der Waals surface area contributed by atoms with Crippen molar-refractivity contribution in [2.75, 3.05) is 12.0 Å². The van der Waals surface area contributed by atoms with Gasteiger partial charge in [0.1, 0.15) is 0 Å². The van der Waals surface area contributed by atoms with Crippen LogP contribution in [0, 0.1) is 0 Å². The third kappa shape index (κ3) is 5.56. The summed E-state index contributed by atoms with van der Waals surface area (Å²) >= 11 is 19.3. The van der Waals surface area contributed by atoms with Crippen LogP contribution >= 0.6 is 46.1 Å². The van der Waals surface area contributed by atoms with Crippen LogP contribution in [0.4, 0.5) is 5.69 Å². The number of amides is 2. The van der Waals surface area contributed by atoms with Gasteiger partial charge in [0.05, 0.1) is 15.7 Å². The first-order valence-electron chi connectivity index (χ1n) is 6.97. The van der Waals surface area contributed by atoms with Crippen molar-refractivity contribution in [1.29, 1.82) is 0 Å². The first-order valence-corrected chi connectivity index (χ1v) is 9.05. The lowest BCUT2D eigenvalue weighted by Gasteiger charge is -2.12. The Hall–Kier alpha value is -1.47. The zero-order valence-electron chi connectivity index (χ0n) is 12.4. The van der Waals surface area contributed by atoms with Crippen molar-refractivity contribution < 1.29 is 9.59 Å². The van der Waals surface area contributed by atoms with Gasteiger partial charge in [-0.15, -0.1) is 0 Å². The van der Waals surface area contributed by atoms with Gasteiger partial charge in [-0.2, -0.15) is 11.3 Å². The molecular formula is C15H14Cl3N3O2S. The molecule has 0 spiro atoms. The van der Waals surface area contributed by atoms with Crippen molar-refractivity contribution in [2.24, 2.45) is 0 Å². The van der Waals surface area contributed by atoms with Crippen molar-refractivity contribution >= 4 is 63.6 Å². The molecule has 0 aliphatic carbocycles. The molecule has 0 saturated carbocycles. The Bertz CT molecular complexity index is 700. The summed E-state index contributed by atoms with van der Waals surface area (Å²) in [6.45, 7) is 0.407. The van der Waals surface area contributed by atoms with Crippen LogP contribution in [0.5, 0.6) is 0 Å². The largest absolute Gasteiger partial charge is 0.352 e. The van der Waals surface area contributed by atoms with Crippen LogP contribution in [0.25, 0.3) is 0 Å². The highest BCUT2D eigenvalue weighted by molar-refractivity contribution is 7.08. The van der Waals surface area contributed by atoms with Crippen molar-refractivity contribution in [3.63, 3.8) is 0 Å². The summed E-state index contributed by atoms with van der Waals surface area (Å²) in [7, 11) is 0. The average Bonchev–Trinajstić information content (AvgIpc) is 3.04. The number of nitrogens with one attached hydrogen (secondary N) is 3. The molecule has 0 aliphatic heterocycles. The predicted octanol–water partition coefficient (Wildman–Crippen LogP) is 4.36. The lowest BCUT2D eigenvalue weighted by Crippen LogP contribution is -2.31. The van der Waals surface area contributed by atoms with E-state index in [0.29, 0.717) is 39.3 Å². The van der Waals surface area contributed by atoms with E-state index in [1.54, 1.807) is 11.4 Å². The lowest BCUT2D eigenvalue weighted by molar-refractivity contribution is -0.120. The van der Waals surface area contributed by atoms with Gasteiger partial charge in [0.25, 0.3) is 5.91 Å². The van der Waals surface area contributed by atoms with Gasteiger partial charge in [-0.25, -0.2) is 0 Å². The van der Waals surface area contributed by atoms with E-state index < -0.39 is 0 Å². The average molecular weight is 407 g/mol. The molecule has 2 aromatic rings. The monoisotopic (exact) mass is 405 g/mol. The summed E-state index contributed by atoms with van der Waals surface area (Å²) in [6, 6.07) is 4.78. The molecule has 1 heterocycles. The van der Waals surface area contributed by atoms with Crippen molar-refractivity contribution in [1.82, 2.24) is 10.7 Å². The standard InChI is InChI=1S/C15H14Cl3N3O2S/c16-10-6-11(17)14(12(18)7-10)21-20-13(22)2-1-4-19-15(23)9-3-5-24-8-9/h3,5-8,21H,1-2,4H2,(H,19,23)(H,20,22). The molecule has 0 radical (unpaired) electrons. The minimum absolute atomic E-state index is 0.144. The Kier molecular flexibility index (Phi) is 7.17. The SMILES string of the molecule is O=C(CCCNC(=O)c1ccsc1)NNc1c(Cl)cc(Cl)cc1Cl. The topological polar surface area (TPSA) is 70.2 Å². The Balaban J connectivity index is 1.70. The van der Waals surface area contributed by atoms with Gasteiger partial charge < -0.3 is 5.32 Å². The number of hydrazine groups is 1. The minimum atomic E-state index is -0.248. The summed E-state index contributed by atoms with van der Waals surface area (Å²) in [6.07, 6.45) is 0.741. The van der Waals surface area contributed by atoms with E-state index in [0.717, 1.165) is 0 Å². The number of anilines is 1. The molecule has 0 bridgehead atoms. The molecule has 0 atom stereocenters. The molecule has 0 fully saturated rings. The van der Waals surface area contributed by atoms with E-state index in [1.807, 2.05) is 5.38 Å². The molecule has 128 valence electrons. The van der Waals surface area contributed by atoms with E-state index in [2.05, 4.69) is 16.2 Å². The number of carbonyl (C=O) groups excluding carboxylic acids is 2. The maximum absolute atomic E-state index is 11.8. The second-order valence-corrected chi connectivity index (χ2v) is 6.82. The number of rotatable bonds is 7. The van der Waals surface area contributed by atoms with Crippen molar-refractivity contribution in [2.45, 2.75) is 12.8 Å². The molecule has 2 rings (SSSR count). The first kappa shape index (κ1) is 18.9. The van der Waals surface area contributed by atoms with Crippen LogP contribution in [-0.4, -0.2) is 18.4 Å². The van der Waals surface area contributed by atoms with Crippen LogP contribution < -0.4 is 16.2 Å². The normalized spacial score (nSPS) is 10.3. The van der Waals surface area contributed by atoms with E-state index in [-0.39, 0.29) is 18.2 Å². The summed E-state index contributed by atoms with van der Waals surface area (Å²) < 4.78 is 0. The number of hydrogen-bond acceptors (Lipinski definition) is 4. The third-order valence-corrected chi connectivity index (χ3v) is 4.48. The molecular weight excluding hydrogens is 393 g/mol. The number of halogens is 3. The van der Waals surface area contributed by atoms with E-state index >= 15 is 0 Å². The Morgan fingerprint density at radius 2 is 1.83 bits per heavy atom. The fourth-order valence-corrected chi connectivity index (χ4v) is 3.35. The first-order chi connectivity index (χ1) is 11.5.